The summed E-state index contributed by atoms with van der Waals surface area (Å²) < 4.78 is 14.2. The van der Waals surface area contributed by atoms with Crippen molar-refractivity contribution in [2.75, 3.05) is 5.32 Å². The molecule has 7 heteroatoms. The number of benzene rings is 1. The Labute approximate surface area is 133 Å². The summed E-state index contributed by atoms with van der Waals surface area (Å²) in [5, 5.41) is 12.1. The van der Waals surface area contributed by atoms with E-state index in [2.05, 4.69) is 5.32 Å². The van der Waals surface area contributed by atoms with Crippen LogP contribution in [-0.4, -0.2) is 29.5 Å². The molecule has 22 heavy (non-hydrogen) atoms. The molecule has 0 saturated carbocycles. The van der Waals surface area contributed by atoms with Crippen molar-refractivity contribution in [2.24, 2.45) is 0 Å². The molecule has 116 valence electrons. The summed E-state index contributed by atoms with van der Waals surface area (Å²) >= 11 is 1.60. The van der Waals surface area contributed by atoms with E-state index < -0.39 is 13.2 Å². The molecule has 1 amide bonds. The van der Waals surface area contributed by atoms with E-state index in [-0.39, 0.29) is 11.2 Å². The topological polar surface area (TPSA) is 67.8 Å². The Morgan fingerprint density at radius 1 is 1.18 bits per heavy atom. The van der Waals surface area contributed by atoms with Crippen molar-refractivity contribution in [1.29, 1.82) is 0 Å². The minimum absolute atomic E-state index is 0.371. The first-order chi connectivity index (χ1) is 10.2. The number of rotatable bonds is 2. The third kappa shape index (κ3) is 2.60. The zero-order valence-corrected chi connectivity index (χ0v) is 13.8. The molecule has 1 fully saturated rings. The van der Waals surface area contributed by atoms with Crippen LogP contribution < -0.4 is 10.1 Å². The maximum atomic E-state index is 10.7. The second-order valence-corrected chi connectivity index (χ2v) is 7.54. The largest absolute Gasteiger partial charge is 0.505 e. The van der Waals surface area contributed by atoms with Gasteiger partial charge in [-0.05, 0) is 57.3 Å². The number of hydrogen-bond acceptors (Lipinski definition) is 4. The molecule has 2 aromatic rings. The van der Waals surface area contributed by atoms with Gasteiger partial charge in [0.25, 0.3) is 0 Å². The first kappa shape index (κ1) is 15.3. The Morgan fingerprint density at radius 2 is 1.82 bits per heavy atom. The minimum atomic E-state index is -1.07. The van der Waals surface area contributed by atoms with Gasteiger partial charge in [-0.2, -0.15) is 0 Å². The predicted octanol–water partition coefficient (Wildman–Crippen LogP) is 3.29. The Hall–Kier alpha value is -1.57. The fourth-order valence-electron chi connectivity index (χ4n) is 2.34. The molecule has 1 saturated heterocycles. The molecule has 2 N–H and O–H groups in total. The van der Waals surface area contributed by atoms with Gasteiger partial charge in [-0.15, -0.1) is 11.3 Å². The van der Waals surface area contributed by atoms with Crippen LogP contribution in [0.4, 0.5) is 10.5 Å². The normalized spacial score (nSPS) is 19.5. The fraction of sp³-hybridized carbons (Fsp3) is 0.400. The van der Waals surface area contributed by atoms with Crippen LogP contribution in [0.2, 0.25) is 0 Å². The van der Waals surface area contributed by atoms with Crippen LogP contribution in [-0.2, 0) is 9.31 Å². The molecular formula is C15H18BNO4S. The lowest BCUT2D eigenvalue weighted by Gasteiger charge is -2.32. The number of carboxylic acid groups (broad SMARTS) is 1. The van der Waals surface area contributed by atoms with Crippen LogP contribution in [0.1, 0.15) is 27.7 Å². The molecule has 1 aromatic carbocycles. The molecule has 3 rings (SSSR count). The summed E-state index contributed by atoms with van der Waals surface area (Å²) in [4.78, 5) is 10.7. The molecular weight excluding hydrogens is 301 g/mol. The average Bonchev–Trinajstić information content (AvgIpc) is 2.87. The highest BCUT2D eigenvalue weighted by atomic mass is 32.1. The van der Waals surface area contributed by atoms with E-state index in [1.54, 1.807) is 17.4 Å². The van der Waals surface area contributed by atoms with E-state index in [0.29, 0.717) is 5.69 Å². The van der Waals surface area contributed by atoms with Crippen molar-refractivity contribution >= 4 is 45.1 Å². The predicted molar refractivity (Wildman–Crippen MR) is 89.2 cm³/mol. The highest BCUT2D eigenvalue weighted by Gasteiger charge is 2.52. The summed E-state index contributed by atoms with van der Waals surface area (Å²) in [6, 6.07) is 7.46. The SMILES string of the molecule is CC1(C)OB(c2cc3cc(NC(=O)O)ccc3s2)OC1(C)C. The van der Waals surface area contributed by atoms with Crippen molar-refractivity contribution in [3.8, 4) is 0 Å². The second kappa shape index (κ2) is 4.98. The molecule has 1 aromatic heterocycles. The minimum Gasteiger partial charge on any atom is -0.465 e. The van der Waals surface area contributed by atoms with E-state index >= 15 is 0 Å². The number of anilines is 1. The fourth-order valence-corrected chi connectivity index (χ4v) is 3.34. The monoisotopic (exact) mass is 319 g/mol. The van der Waals surface area contributed by atoms with Crippen molar-refractivity contribution in [3.05, 3.63) is 24.3 Å². The maximum Gasteiger partial charge on any atom is 0.505 e. The van der Waals surface area contributed by atoms with E-state index in [1.807, 2.05) is 45.9 Å². The smallest absolute Gasteiger partial charge is 0.465 e. The van der Waals surface area contributed by atoms with Crippen molar-refractivity contribution in [2.45, 2.75) is 38.9 Å². The zero-order valence-electron chi connectivity index (χ0n) is 13.0. The Morgan fingerprint density at radius 3 is 2.41 bits per heavy atom. The molecule has 0 bridgehead atoms. The van der Waals surface area contributed by atoms with Crippen molar-refractivity contribution in [1.82, 2.24) is 0 Å². The van der Waals surface area contributed by atoms with Crippen LogP contribution in [0.5, 0.6) is 0 Å². The number of fused-ring (bicyclic) bond motifs is 1. The van der Waals surface area contributed by atoms with Gasteiger partial charge in [-0.1, -0.05) is 0 Å². The van der Waals surface area contributed by atoms with Crippen LogP contribution >= 0.6 is 11.3 Å². The molecule has 1 aliphatic heterocycles. The molecule has 0 aliphatic carbocycles. The lowest BCUT2D eigenvalue weighted by molar-refractivity contribution is 0.00578. The number of thiophene rings is 1. The van der Waals surface area contributed by atoms with Crippen molar-refractivity contribution in [3.63, 3.8) is 0 Å². The van der Waals surface area contributed by atoms with Crippen LogP contribution in [0.15, 0.2) is 24.3 Å². The molecule has 0 spiro atoms. The summed E-state index contributed by atoms with van der Waals surface area (Å²) in [6.07, 6.45) is -1.07. The molecule has 2 heterocycles. The van der Waals surface area contributed by atoms with Gasteiger partial charge < -0.3 is 14.4 Å². The van der Waals surface area contributed by atoms with Gasteiger partial charge in [0.15, 0.2) is 0 Å². The first-order valence-corrected chi connectivity index (χ1v) is 7.89. The number of carbonyl (C=O) groups is 1. The first-order valence-electron chi connectivity index (χ1n) is 7.07. The summed E-state index contributed by atoms with van der Waals surface area (Å²) in [7, 11) is -0.390. The Bertz CT molecular complexity index is 724. The zero-order chi connectivity index (χ0) is 16.1. The van der Waals surface area contributed by atoms with Gasteiger partial charge in [0.1, 0.15) is 0 Å². The summed E-state index contributed by atoms with van der Waals surface area (Å²) in [6.45, 7) is 8.09. The van der Waals surface area contributed by atoms with Gasteiger partial charge in [0.05, 0.1) is 11.2 Å². The van der Waals surface area contributed by atoms with Gasteiger partial charge >= 0.3 is 13.2 Å². The molecule has 0 unspecified atom stereocenters. The van der Waals surface area contributed by atoms with Gasteiger partial charge in [0, 0.05) is 15.2 Å². The summed E-state index contributed by atoms with van der Waals surface area (Å²) in [5.74, 6) is 0. The third-order valence-corrected chi connectivity index (χ3v) is 5.41. The molecule has 0 atom stereocenters. The third-order valence-electron chi connectivity index (χ3n) is 4.27. The van der Waals surface area contributed by atoms with Gasteiger partial charge in [0.2, 0.25) is 0 Å². The molecule has 1 aliphatic rings. The summed E-state index contributed by atoms with van der Waals surface area (Å²) in [5.41, 5.74) is -0.188. The van der Waals surface area contributed by atoms with E-state index in [9.17, 15) is 4.79 Å². The van der Waals surface area contributed by atoms with Crippen molar-refractivity contribution < 1.29 is 19.2 Å². The van der Waals surface area contributed by atoms with E-state index in [0.717, 1.165) is 14.9 Å². The quantitative estimate of drug-likeness (QED) is 0.834. The van der Waals surface area contributed by atoms with Crippen LogP contribution in [0.3, 0.4) is 0 Å². The maximum absolute atomic E-state index is 10.7. The lowest BCUT2D eigenvalue weighted by atomic mass is 9.87. The lowest BCUT2D eigenvalue weighted by Crippen LogP contribution is -2.41. The van der Waals surface area contributed by atoms with Gasteiger partial charge in [-0.25, -0.2) is 4.79 Å². The second-order valence-electron chi connectivity index (χ2n) is 6.42. The van der Waals surface area contributed by atoms with Crippen LogP contribution in [0, 0.1) is 0 Å². The average molecular weight is 319 g/mol. The van der Waals surface area contributed by atoms with E-state index in [4.69, 9.17) is 14.4 Å². The van der Waals surface area contributed by atoms with Crippen LogP contribution in [0.25, 0.3) is 10.1 Å². The Kier molecular flexibility index (Phi) is 3.47. The van der Waals surface area contributed by atoms with Gasteiger partial charge in [-0.3, -0.25) is 5.32 Å². The standard InChI is InChI=1S/C15H18BNO4S/c1-14(2)15(3,4)21-16(20-14)12-8-9-7-10(17-13(18)19)5-6-11(9)22-12/h5-8,17H,1-4H3,(H,18,19). The number of amides is 1. The van der Waals surface area contributed by atoms with E-state index in [1.165, 1.54) is 0 Å². The highest BCUT2D eigenvalue weighted by Crippen LogP contribution is 2.37. The number of nitrogens with one attached hydrogen (secondary N) is 1. The molecule has 0 radical (unpaired) electrons. The number of hydrogen-bond donors (Lipinski definition) is 2. The Balaban J connectivity index is 1.91. The highest BCUT2D eigenvalue weighted by molar-refractivity contribution is 7.28. The molecule has 5 nitrogen and oxygen atoms in total.